The smallest absolute Gasteiger partial charge is 0.270 e. The van der Waals surface area contributed by atoms with Crippen molar-refractivity contribution in [3.05, 3.63) is 33.9 Å². The second kappa shape index (κ2) is 5.59. The monoisotopic (exact) mass is 249 g/mol. The van der Waals surface area contributed by atoms with Crippen LogP contribution in [0.3, 0.4) is 0 Å². The minimum atomic E-state index is -0.531. The molecule has 0 amide bonds. The summed E-state index contributed by atoms with van der Waals surface area (Å²) in [5.41, 5.74) is 0.135. The van der Waals surface area contributed by atoms with Gasteiger partial charge in [0.2, 0.25) is 0 Å². The number of aliphatic imine (C=N–C) groups is 1. The maximum absolute atomic E-state index is 11.5. The van der Waals surface area contributed by atoms with Gasteiger partial charge in [0, 0.05) is 25.0 Å². The van der Waals surface area contributed by atoms with E-state index in [0.717, 1.165) is 19.4 Å². The van der Waals surface area contributed by atoms with E-state index in [1.54, 1.807) is 0 Å². The standard InChI is InChI=1S/C12H14N2O4/c15-12-4-3-10(14(16)17)6-9(12)7-13-8-11-2-1-5-18-11/h3-4,6-7,11,15H,1-2,5,8H2/p-1/t11-/m1/s1. The number of hydrogen-bond acceptors (Lipinski definition) is 5. The fraction of sp³-hybridized carbons (Fsp3) is 0.417. The highest BCUT2D eigenvalue weighted by molar-refractivity contribution is 5.84. The molecule has 1 aliphatic rings. The summed E-state index contributed by atoms with van der Waals surface area (Å²) in [4.78, 5) is 14.2. The zero-order chi connectivity index (χ0) is 13.0. The number of nitro benzene ring substituents is 1. The molecule has 2 rings (SSSR count). The Labute approximate surface area is 104 Å². The van der Waals surface area contributed by atoms with Crippen LogP contribution in [-0.4, -0.2) is 30.4 Å². The van der Waals surface area contributed by atoms with Gasteiger partial charge >= 0.3 is 0 Å². The Bertz CT molecular complexity index is 467. The Hall–Kier alpha value is -1.95. The number of nitro groups is 1. The van der Waals surface area contributed by atoms with Crippen LogP contribution in [-0.2, 0) is 4.74 Å². The Morgan fingerprint density at radius 2 is 2.39 bits per heavy atom. The van der Waals surface area contributed by atoms with E-state index in [9.17, 15) is 15.2 Å². The third kappa shape index (κ3) is 3.04. The van der Waals surface area contributed by atoms with Crippen molar-refractivity contribution in [2.45, 2.75) is 18.9 Å². The molecule has 0 unspecified atom stereocenters. The molecule has 0 spiro atoms. The summed E-state index contributed by atoms with van der Waals surface area (Å²) in [7, 11) is 0. The fourth-order valence-electron chi connectivity index (χ4n) is 1.81. The first kappa shape index (κ1) is 12.5. The van der Waals surface area contributed by atoms with Gasteiger partial charge in [0.1, 0.15) is 0 Å². The topological polar surface area (TPSA) is 87.8 Å². The summed E-state index contributed by atoms with van der Waals surface area (Å²) >= 11 is 0. The van der Waals surface area contributed by atoms with E-state index in [2.05, 4.69) is 4.99 Å². The molecule has 96 valence electrons. The van der Waals surface area contributed by atoms with Gasteiger partial charge in [0.15, 0.2) is 0 Å². The van der Waals surface area contributed by atoms with Crippen LogP contribution in [0.25, 0.3) is 0 Å². The van der Waals surface area contributed by atoms with Crippen molar-refractivity contribution in [2.24, 2.45) is 4.99 Å². The van der Waals surface area contributed by atoms with Gasteiger partial charge in [-0.3, -0.25) is 15.1 Å². The van der Waals surface area contributed by atoms with Crippen molar-refractivity contribution >= 4 is 11.9 Å². The molecule has 0 radical (unpaired) electrons. The summed E-state index contributed by atoms with van der Waals surface area (Å²) in [6.07, 6.45) is 3.49. The zero-order valence-electron chi connectivity index (χ0n) is 9.74. The molecule has 18 heavy (non-hydrogen) atoms. The van der Waals surface area contributed by atoms with E-state index < -0.39 is 4.92 Å². The van der Waals surface area contributed by atoms with E-state index in [0.29, 0.717) is 6.54 Å². The molecule has 0 aliphatic carbocycles. The van der Waals surface area contributed by atoms with Crippen LogP contribution in [0.4, 0.5) is 5.69 Å². The van der Waals surface area contributed by atoms with E-state index in [4.69, 9.17) is 4.74 Å². The summed E-state index contributed by atoms with van der Waals surface area (Å²) in [6, 6.07) is 3.62. The van der Waals surface area contributed by atoms with Gasteiger partial charge in [-0.1, -0.05) is 11.8 Å². The number of hydrogen-bond donors (Lipinski definition) is 0. The van der Waals surface area contributed by atoms with E-state index in [-0.39, 0.29) is 23.1 Å². The zero-order valence-corrected chi connectivity index (χ0v) is 9.74. The average molecular weight is 249 g/mol. The van der Waals surface area contributed by atoms with Gasteiger partial charge in [-0.15, -0.1) is 0 Å². The van der Waals surface area contributed by atoms with Crippen molar-refractivity contribution in [3.8, 4) is 5.75 Å². The molecule has 0 saturated carbocycles. The van der Waals surface area contributed by atoms with Gasteiger partial charge < -0.3 is 9.84 Å². The maximum atomic E-state index is 11.5. The van der Waals surface area contributed by atoms with Gasteiger partial charge in [-0.25, -0.2) is 0 Å². The van der Waals surface area contributed by atoms with E-state index in [1.165, 1.54) is 24.4 Å². The largest absolute Gasteiger partial charge is 0.872 e. The van der Waals surface area contributed by atoms with Crippen LogP contribution in [0.2, 0.25) is 0 Å². The molecule has 0 bridgehead atoms. The van der Waals surface area contributed by atoms with Crippen molar-refractivity contribution in [3.63, 3.8) is 0 Å². The van der Waals surface area contributed by atoms with Crippen molar-refractivity contribution < 1.29 is 14.8 Å². The molecule has 0 aromatic heterocycles. The SMILES string of the molecule is O=[N+]([O-])c1ccc([O-])c(C=NC[C@H]2CCCO2)c1. The molecule has 6 nitrogen and oxygen atoms in total. The van der Waals surface area contributed by atoms with Crippen molar-refractivity contribution in [1.82, 2.24) is 0 Å². The second-order valence-corrected chi connectivity index (χ2v) is 4.11. The van der Waals surface area contributed by atoms with Crippen LogP contribution in [0.1, 0.15) is 18.4 Å². The maximum Gasteiger partial charge on any atom is 0.270 e. The van der Waals surface area contributed by atoms with E-state index in [1.807, 2.05) is 0 Å². The summed E-state index contributed by atoms with van der Waals surface area (Å²) < 4.78 is 5.38. The molecule has 0 N–H and O–H groups in total. The minimum Gasteiger partial charge on any atom is -0.872 e. The Morgan fingerprint density at radius 3 is 3.06 bits per heavy atom. The highest BCUT2D eigenvalue weighted by atomic mass is 16.6. The molecular formula is C12H13N2O4-. The van der Waals surface area contributed by atoms with Crippen molar-refractivity contribution in [1.29, 1.82) is 0 Å². The highest BCUT2D eigenvalue weighted by Gasteiger charge is 2.14. The highest BCUT2D eigenvalue weighted by Crippen LogP contribution is 2.19. The lowest BCUT2D eigenvalue weighted by atomic mass is 10.2. The first-order chi connectivity index (χ1) is 8.66. The predicted molar refractivity (Wildman–Crippen MR) is 64.0 cm³/mol. The lowest BCUT2D eigenvalue weighted by Gasteiger charge is -2.09. The predicted octanol–water partition coefficient (Wildman–Crippen LogP) is 1.27. The van der Waals surface area contributed by atoms with E-state index >= 15 is 0 Å². The molecule has 6 heteroatoms. The molecule has 1 fully saturated rings. The van der Waals surface area contributed by atoms with Crippen LogP contribution in [0.15, 0.2) is 23.2 Å². The Morgan fingerprint density at radius 1 is 1.56 bits per heavy atom. The summed E-state index contributed by atoms with van der Waals surface area (Å²) in [5.74, 6) is -0.267. The third-order valence-corrected chi connectivity index (χ3v) is 2.77. The molecule has 1 atom stereocenters. The summed E-state index contributed by atoms with van der Waals surface area (Å²) in [6.45, 7) is 1.24. The molecule has 1 aromatic carbocycles. The van der Waals surface area contributed by atoms with Gasteiger partial charge in [-0.05, 0) is 18.4 Å². The van der Waals surface area contributed by atoms with Gasteiger partial charge in [0.25, 0.3) is 5.69 Å². The Kier molecular flexibility index (Phi) is 3.88. The van der Waals surface area contributed by atoms with Crippen LogP contribution in [0.5, 0.6) is 5.75 Å². The quantitative estimate of drug-likeness (QED) is 0.456. The van der Waals surface area contributed by atoms with Gasteiger partial charge in [0.05, 0.1) is 17.6 Å². The number of ether oxygens (including phenoxy) is 1. The third-order valence-electron chi connectivity index (χ3n) is 2.77. The molecule has 1 aliphatic heterocycles. The lowest BCUT2D eigenvalue weighted by molar-refractivity contribution is -0.385. The molecule has 1 saturated heterocycles. The van der Waals surface area contributed by atoms with Crippen LogP contribution < -0.4 is 5.11 Å². The number of nitrogens with zero attached hydrogens (tertiary/aromatic N) is 2. The lowest BCUT2D eigenvalue weighted by Crippen LogP contribution is -2.09. The Balaban J connectivity index is 2.04. The minimum absolute atomic E-state index is 0.104. The first-order valence-corrected chi connectivity index (χ1v) is 5.73. The normalized spacial score (nSPS) is 19.4. The average Bonchev–Trinajstić information content (AvgIpc) is 2.84. The van der Waals surface area contributed by atoms with Crippen molar-refractivity contribution in [2.75, 3.05) is 13.2 Å². The van der Waals surface area contributed by atoms with Gasteiger partial charge in [-0.2, -0.15) is 0 Å². The second-order valence-electron chi connectivity index (χ2n) is 4.11. The van der Waals surface area contributed by atoms with Crippen LogP contribution in [0, 0.1) is 10.1 Å². The molecule has 1 aromatic rings. The fourth-order valence-corrected chi connectivity index (χ4v) is 1.81. The molecule has 1 heterocycles. The number of rotatable bonds is 4. The van der Waals surface area contributed by atoms with Crippen LogP contribution >= 0.6 is 0 Å². The molecular weight excluding hydrogens is 236 g/mol. The first-order valence-electron chi connectivity index (χ1n) is 5.73. The number of non-ortho nitro benzene ring substituents is 1. The number of benzene rings is 1. The summed E-state index contributed by atoms with van der Waals surface area (Å²) in [5, 5.41) is 22.1.